The first kappa shape index (κ1) is 14.6. The Hall–Kier alpha value is -1.45. The standard InChI is InChI=1S/C14H21FN2O/c1-3-5-10-17(11-6-4-2)14(18)12-8-7-9-13(15)16-12/h7-9H,3-6,10-11H2,1-2H3. The Labute approximate surface area is 108 Å². The third-order valence-corrected chi connectivity index (χ3v) is 2.78. The second kappa shape index (κ2) is 7.80. The van der Waals surface area contributed by atoms with Crippen LogP contribution in [0.2, 0.25) is 0 Å². The van der Waals surface area contributed by atoms with Gasteiger partial charge >= 0.3 is 0 Å². The summed E-state index contributed by atoms with van der Waals surface area (Å²) in [7, 11) is 0. The van der Waals surface area contributed by atoms with Crippen LogP contribution < -0.4 is 0 Å². The summed E-state index contributed by atoms with van der Waals surface area (Å²) in [6.45, 7) is 5.60. The quantitative estimate of drug-likeness (QED) is 0.698. The van der Waals surface area contributed by atoms with E-state index >= 15 is 0 Å². The van der Waals surface area contributed by atoms with Crippen LogP contribution in [0.3, 0.4) is 0 Å². The van der Waals surface area contributed by atoms with Crippen LogP contribution in [-0.4, -0.2) is 28.9 Å². The van der Waals surface area contributed by atoms with Crippen LogP contribution in [0.5, 0.6) is 0 Å². The van der Waals surface area contributed by atoms with Crippen molar-refractivity contribution < 1.29 is 9.18 Å². The van der Waals surface area contributed by atoms with Crippen molar-refractivity contribution in [3.63, 3.8) is 0 Å². The zero-order valence-corrected chi connectivity index (χ0v) is 11.2. The van der Waals surface area contributed by atoms with Crippen LogP contribution in [0.15, 0.2) is 18.2 Å². The van der Waals surface area contributed by atoms with Crippen molar-refractivity contribution in [2.45, 2.75) is 39.5 Å². The van der Waals surface area contributed by atoms with E-state index in [-0.39, 0.29) is 11.6 Å². The number of pyridine rings is 1. The third-order valence-electron chi connectivity index (χ3n) is 2.78. The molecule has 1 aromatic rings. The van der Waals surface area contributed by atoms with E-state index in [0.29, 0.717) is 13.1 Å². The highest BCUT2D eigenvalue weighted by Gasteiger charge is 2.16. The molecule has 1 heterocycles. The molecule has 0 spiro atoms. The summed E-state index contributed by atoms with van der Waals surface area (Å²) in [5.41, 5.74) is 0.196. The molecule has 18 heavy (non-hydrogen) atoms. The SMILES string of the molecule is CCCCN(CCCC)C(=O)c1cccc(F)n1. The number of carbonyl (C=O) groups is 1. The monoisotopic (exact) mass is 252 g/mol. The van der Waals surface area contributed by atoms with Crippen molar-refractivity contribution in [1.82, 2.24) is 9.88 Å². The van der Waals surface area contributed by atoms with E-state index in [2.05, 4.69) is 18.8 Å². The molecule has 4 heteroatoms. The molecular weight excluding hydrogens is 231 g/mol. The molecule has 0 unspecified atom stereocenters. The highest BCUT2D eigenvalue weighted by molar-refractivity contribution is 5.92. The molecule has 3 nitrogen and oxygen atoms in total. The van der Waals surface area contributed by atoms with Gasteiger partial charge in [0.05, 0.1) is 0 Å². The van der Waals surface area contributed by atoms with Crippen molar-refractivity contribution in [3.8, 4) is 0 Å². The van der Waals surface area contributed by atoms with E-state index in [1.54, 1.807) is 11.0 Å². The first-order valence-corrected chi connectivity index (χ1v) is 6.60. The maximum atomic E-state index is 13.0. The molecule has 0 aliphatic carbocycles. The van der Waals surface area contributed by atoms with Crippen molar-refractivity contribution in [2.24, 2.45) is 0 Å². The second-order valence-corrected chi connectivity index (χ2v) is 4.34. The van der Waals surface area contributed by atoms with E-state index in [4.69, 9.17) is 0 Å². The number of halogens is 1. The first-order chi connectivity index (χ1) is 8.69. The average Bonchev–Trinajstić information content (AvgIpc) is 2.38. The molecule has 0 saturated heterocycles. The second-order valence-electron chi connectivity index (χ2n) is 4.34. The Morgan fingerprint density at radius 3 is 2.33 bits per heavy atom. The van der Waals surface area contributed by atoms with Crippen molar-refractivity contribution in [1.29, 1.82) is 0 Å². The zero-order chi connectivity index (χ0) is 13.4. The van der Waals surface area contributed by atoms with Gasteiger partial charge < -0.3 is 4.90 Å². The van der Waals surface area contributed by atoms with Crippen LogP contribution in [0.25, 0.3) is 0 Å². The molecule has 0 saturated carbocycles. The highest BCUT2D eigenvalue weighted by atomic mass is 19.1. The number of hydrogen-bond donors (Lipinski definition) is 0. The van der Waals surface area contributed by atoms with Gasteiger partial charge in [-0.05, 0) is 25.0 Å². The van der Waals surface area contributed by atoms with Crippen LogP contribution in [0, 0.1) is 5.95 Å². The number of rotatable bonds is 7. The van der Waals surface area contributed by atoms with Gasteiger partial charge in [-0.25, -0.2) is 4.98 Å². The molecule has 0 radical (unpaired) electrons. The predicted octanol–water partition coefficient (Wildman–Crippen LogP) is 3.26. The number of unbranched alkanes of at least 4 members (excludes halogenated alkanes) is 2. The van der Waals surface area contributed by atoms with Gasteiger partial charge in [0.15, 0.2) is 0 Å². The lowest BCUT2D eigenvalue weighted by Crippen LogP contribution is -2.33. The van der Waals surface area contributed by atoms with E-state index in [0.717, 1.165) is 25.7 Å². The van der Waals surface area contributed by atoms with Gasteiger partial charge in [0, 0.05) is 13.1 Å². The molecule has 0 bridgehead atoms. The minimum Gasteiger partial charge on any atom is -0.337 e. The van der Waals surface area contributed by atoms with Gasteiger partial charge in [-0.2, -0.15) is 4.39 Å². The summed E-state index contributed by atoms with van der Waals surface area (Å²) >= 11 is 0. The van der Waals surface area contributed by atoms with Gasteiger partial charge in [-0.3, -0.25) is 4.79 Å². The Morgan fingerprint density at radius 1 is 1.22 bits per heavy atom. The Kier molecular flexibility index (Phi) is 6.33. The number of nitrogens with zero attached hydrogens (tertiary/aromatic N) is 2. The lowest BCUT2D eigenvalue weighted by Gasteiger charge is -2.21. The number of amides is 1. The molecule has 0 N–H and O–H groups in total. The molecule has 0 fully saturated rings. The number of aromatic nitrogens is 1. The smallest absolute Gasteiger partial charge is 0.272 e. The fraction of sp³-hybridized carbons (Fsp3) is 0.571. The van der Waals surface area contributed by atoms with Gasteiger partial charge in [0.2, 0.25) is 5.95 Å². The summed E-state index contributed by atoms with van der Waals surface area (Å²) < 4.78 is 13.0. The van der Waals surface area contributed by atoms with Gasteiger partial charge in [0.1, 0.15) is 5.69 Å². The summed E-state index contributed by atoms with van der Waals surface area (Å²) in [5.74, 6) is -0.775. The number of hydrogen-bond acceptors (Lipinski definition) is 2. The van der Waals surface area contributed by atoms with E-state index in [9.17, 15) is 9.18 Å². The number of carbonyl (C=O) groups excluding carboxylic acids is 1. The molecule has 0 aromatic carbocycles. The van der Waals surface area contributed by atoms with Crippen LogP contribution in [0.4, 0.5) is 4.39 Å². The zero-order valence-electron chi connectivity index (χ0n) is 11.2. The minimum atomic E-state index is -0.605. The molecule has 0 atom stereocenters. The van der Waals surface area contributed by atoms with Crippen molar-refractivity contribution in [3.05, 3.63) is 29.8 Å². The molecule has 1 rings (SSSR count). The Bertz CT molecular complexity index is 374. The Morgan fingerprint density at radius 2 is 1.83 bits per heavy atom. The maximum absolute atomic E-state index is 13.0. The first-order valence-electron chi connectivity index (χ1n) is 6.60. The molecule has 0 aliphatic rings. The summed E-state index contributed by atoms with van der Waals surface area (Å²) in [6.07, 6.45) is 3.99. The summed E-state index contributed by atoms with van der Waals surface area (Å²) in [5, 5.41) is 0. The van der Waals surface area contributed by atoms with Crippen molar-refractivity contribution in [2.75, 3.05) is 13.1 Å². The fourth-order valence-corrected chi connectivity index (χ4v) is 1.70. The van der Waals surface area contributed by atoms with Gasteiger partial charge in [0.25, 0.3) is 5.91 Å². The van der Waals surface area contributed by atoms with Crippen LogP contribution in [-0.2, 0) is 0 Å². The molecule has 1 amide bonds. The molecule has 100 valence electrons. The molecule has 0 aliphatic heterocycles. The molecule has 1 aromatic heterocycles. The van der Waals surface area contributed by atoms with Gasteiger partial charge in [-0.15, -0.1) is 0 Å². The lowest BCUT2D eigenvalue weighted by atomic mass is 10.2. The topological polar surface area (TPSA) is 33.2 Å². The fourth-order valence-electron chi connectivity index (χ4n) is 1.70. The summed E-state index contributed by atoms with van der Waals surface area (Å²) in [6, 6.07) is 4.34. The van der Waals surface area contributed by atoms with E-state index in [1.165, 1.54) is 12.1 Å². The van der Waals surface area contributed by atoms with Crippen molar-refractivity contribution >= 4 is 5.91 Å². The lowest BCUT2D eigenvalue weighted by molar-refractivity contribution is 0.0744. The highest BCUT2D eigenvalue weighted by Crippen LogP contribution is 2.07. The normalized spacial score (nSPS) is 10.4. The van der Waals surface area contributed by atoms with E-state index in [1.807, 2.05) is 0 Å². The Balaban J connectivity index is 2.73. The van der Waals surface area contributed by atoms with E-state index < -0.39 is 5.95 Å². The minimum absolute atomic E-state index is 0.170. The van der Waals surface area contributed by atoms with Gasteiger partial charge in [-0.1, -0.05) is 32.8 Å². The maximum Gasteiger partial charge on any atom is 0.272 e. The van der Waals surface area contributed by atoms with Crippen LogP contribution >= 0.6 is 0 Å². The average molecular weight is 252 g/mol. The largest absolute Gasteiger partial charge is 0.337 e. The predicted molar refractivity (Wildman–Crippen MR) is 69.9 cm³/mol. The molecular formula is C14H21FN2O. The summed E-state index contributed by atoms with van der Waals surface area (Å²) in [4.78, 5) is 17.6. The van der Waals surface area contributed by atoms with Crippen LogP contribution in [0.1, 0.15) is 50.0 Å². The third kappa shape index (κ3) is 4.43.